The molecule has 66 valence electrons. The lowest BCUT2D eigenvalue weighted by molar-refractivity contribution is -0.109. The third kappa shape index (κ3) is 1.22. The van der Waals surface area contributed by atoms with Gasteiger partial charge < -0.3 is 10.1 Å². The van der Waals surface area contributed by atoms with Gasteiger partial charge in [0.25, 0.3) is 5.91 Å². The molecular weight excluding hydrogens is 166 g/mol. The van der Waals surface area contributed by atoms with Crippen molar-refractivity contribution < 1.29 is 9.59 Å². The van der Waals surface area contributed by atoms with Gasteiger partial charge >= 0.3 is 0 Å². The van der Waals surface area contributed by atoms with Crippen molar-refractivity contribution >= 4 is 12.2 Å². The molecule has 0 fully saturated rings. The Bertz CT molecular complexity index is 360. The zero-order chi connectivity index (χ0) is 9.26. The molecule has 1 N–H and O–H groups in total. The molecule has 0 unspecified atom stereocenters. The first-order chi connectivity index (χ1) is 6.33. The average molecular weight is 175 g/mol. The zero-order valence-corrected chi connectivity index (χ0v) is 6.99. The Morgan fingerprint density at radius 1 is 1.38 bits per heavy atom. The van der Waals surface area contributed by atoms with E-state index in [4.69, 9.17) is 0 Å². The molecule has 13 heavy (non-hydrogen) atoms. The largest absolute Gasteiger partial charge is 0.351 e. The third-order valence-corrected chi connectivity index (χ3v) is 2.25. The lowest BCUT2D eigenvalue weighted by Crippen LogP contribution is -2.35. The van der Waals surface area contributed by atoms with Gasteiger partial charge in [0.1, 0.15) is 6.29 Å². The minimum Gasteiger partial charge on any atom is -0.351 e. The fourth-order valence-corrected chi connectivity index (χ4v) is 1.56. The summed E-state index contributed by atoms with van der Waals surface area (Å²) < 4.78 is 0. The molecule has 1 heterocycles. The SMILES string of the molecule is O=C[C@H]1CNC(=O)c2ccccc21. The molecule has 3 nitrogen and oxygen atoms in total. The van der Waals surface area contributed by atoms with Gasteiger partial charge in [-0.15, -0.1) is 0 Å². The van der Waals surface area contributed by atoms with E-state index in [1.807, 2.05) is 12.1 Å². The van der Waals surface area contributed by atoms with Crippen LogP contribution in [0.3, 0.4) is 0 Å². The van der Waals surface area contributed by atoms with Gasteiger partial charge in [-0.2, -0.15) is 0 Å². The first-order valence-electron chi connectivity index (χ1n) is 4.15. The molecule has 0 radical (unpaired) electrons. The van der Waals surface area contributed by atoms with Gasteiger partial charge in [-0.05, 0) is 11.6 Å². The zero-order valence-electron chi connectivity index (χ0n) is 6.99. The minimum atomic E-state index is -0.186. The molecular formula is C10H9NO2. The highest BCUT2D eigenvalue weighted by molar-refractivity contribution is 5.98. The van der Waals surface area contributed by atoms with Crippen LogP contribution in [0.25, 0.3) is 0 Å². The summed E-state index contributed by atoms with van der Waals surface area (Å²) in [5.74, 6) is -0.275. The standard InChI is InChI=1S/C10H9NO2/c12-6-7-5-11-10(13)9-4-2-1-3-8(7)9/h1-4,6-7H,5H2,(H,11,13)/t7-/m1/s1. The second-order valence-corrected chi connectivity index (χ2v) is 3.04. The maximum Gasteiger partial charge on any atom is 0.251 e. The van der Waals surface area contributed by atoms with Crippen LogP contribution < -0.4 is 5.32 Å². The van der Waals surface area contributed by atoms with E-state index in [-0.39, 0.29) is 11.8 Å². The van der Waals surface area contributed by atoms with E-state index in [0.29, 0.717) is 12.1 Å². The van der Waals surface area contributed by atoms with Gasteiger partial charge in [0.05, 0.1) is 5.92 Å². The van der Waals surface area contributed by atoms with E-state index in [1.165, 1.54) is 0 Å². The first kappa shape index (κ1) is 7.98. The highest BCUT2D eigenvalue weighted by atomic mass is 16.1. The van der Waals surface area contributed by atoms with E-state index >= 15 is 0 Å². The second-order valence-electron chi connectivity index (χ2n) is 3.04. The van der Waals surface area contributed by atoms with Crippen molar-refractivity contribution in [2.45, 2.75) is 5.92 Å². The summed E-state index contributed by atoms with van der Waals surface area (Å²) in [6.45, 7) is 0.416. The Kier molecular flexibility index (Phi) is 1.85. The summed E-state index contributed by atoms with van der Waals surface area (Å²) in [5, 5.41) is 2.67. The van der Waals surface area contributed by atoms with Gasteiger partial charge in [0.2, 0.25) is 0 Å². The fraction of sp³-hybridized carbons (Fsp3) is 0.200. The van der Waals surface area contributed by atoms with Crippen LogP contribution in [0.15, 0.2) is 24.3 Å². The number of carbonyl (C=O) groups excluding carboxylic acids is 2. The van der Waals surface area contributed by atoms with Crippen LogP contribution >= 0.6 is 0 Å². The van der Waals surface area contributed by atoms with Crippen molar-refractivity contribution in [2.75, 3.05) is 6.54 Å². The summed E-state index contributed by atoms with van der Waals surface area (Å²) in [5.41, 5.74) is 1.45. The molecule has 0 saturated heterocycles. The lowest BCUT2D eigenvalue weighted by atomic mass is 9.92. The molecule has 3 heteroatoms. The van der Waals surface area contributed by atoms with Crippen molar-refractivity contribution in [2.24, 2.45) is 0 Å². The Morgan fingerprint density at radius 3 is 2.92 bits per heavy atom. The Hall–Kier alpha value is -1.64. The van der Waals surface area contributed by atoms with Crippen LogP contribution in [-0.4, -0.2) is 18.7 Å². The smallest absolute Gasteiger partial charge is 0.251 e. The molecule has 1 aliphatic heterocycles. The van der Waals surface area contributed by atoms with E-state index < -0.39 is 0 Å². The maximum atomic E-state index is 11.3. The molecule has 0 saturated carbocycles. The topological polar surface area (TPSA) is 46.2 Å². The van der Waals surface area contributed by atoms with E-state index in [1.54, 1.807) is 12.1 Å². The molecule has 0 spiro atoms. The van der Waals surface area contributed by atoms with Crippen molar-refractivity contribution in [3.05, 3.63) is 35.4 Å². The number of amides is 1. The van der Waals surface area contributed by atoms with Gasteiger partial charge in [0.15, 0.2) is 0 Å². The maximum absolute atomic E-state index is 11.3. The molecule has 0 aromatic heterocycles. The van der Waals surface area contributed by atoms with Crippen molar-refractivity contribution in [1.29, 1.82) is 0 Å². The van der Waals surface area contributed by atoms with Crippen LogP contribution in [0.5, 0.6) is 0 Å². The molecule has 0 bridgehead atoms. The second kappa shape index (κ2) is 3.01. The normalized spacial score (nSPS) is 20.3. The number of benzene rings is 1. The number of hydrogen-bond donors (Lipinski definition) is 1. The number of hydrogen-bond acceptors (Lipinski definition) is 2. The number of rotatable bonds is 1. The highest BCUT2D eigenvalue weighted by Crippen LogP contribution is 2.21. The first-order valence-corrected chi connectivity index (χ1v) is 4.15. The monoisotopic (exact) mass is 175 g/mol. The number of aldehydes is 1. The van der Waals surface area contributed by atoms with E-state index in [9.17, 15) is 9.59 Å². The van der Waals surface area contributed by atoms with Gasteiger partial charge in [-0.1, -0.05) is 18.2 Å². The van der Waals surface area contributed by atoms with E-state index in [2.05, 4.69) is 5.32 Å². The molecule has 1 amide bonds. The fourth-order valence-electron chi connectivity index (χ4n) is 1.56. The average Bonchev–Trinajstić information content (AvgIpc) is 2.19. The third-order valence-electron chi connectivity index (χ3n) is 2.25. The summed E-state index contributed by atoms with van der Waals surface area (Å²) in [6, 6.07) is 7.20. The molecule has 1 aliphatic rings. The molecule has 1 aromatic carbocycles. The van der Waals surface area contributed by atoms with Crippen LogP contribution in [0.4, 0.5) is 0 Å². The quantitative estimate of drug-likeness (QED) is 0.639. The predicted octanol–water partition coefficient (Wildman–Crippen LogP) is 0.713. The van der Waals surface area contributed by atoms with Crippen LogP contribution in [0, 0.1) is 0 Å². The van der Waals surface area contributed by atoms with Crippen molar-refractivity contribution in [3.8, 4) is 0 Å². The molecule has 0 aliphatic carbocycles. The van der Waals surface area contributed by atoms with Gasteiger partial charge in [-0.3, -0.25) is 4.79 Å². The molecule has 1 atom stereocenters. The summed E-state index contributed by atoms with van der Waals surface area (Å²) in [6.07, 6.45) is 0.873. The van der Waals surface area contributed by atoms with Crippen LogP contribution in [0.2, 0.25) is 0 Å². The lowest BCUT2D eigenvalue weighted by Gasteiger charge is -2.21. The van der Waals surface area contributed by atoms with Crippen LogP contribution in [0.1, 0.15) is 21.8 Å². The number of carbonyl (C=O) groups is 2. The Balaban J connectivity index is 2.53. The van der Waals surface area contributed by atoms with Gasteiger partial charge in [-0.25, -0.2) is 0 Å². The summed E-state index contributed by atoms with van der Waals surface area (Å²) >= 11 is 0. The summed E-state index contributed by atoms with van der Waals surface area (Å²) in [7, 11) is 0. The Labute approximate surface area is 75.8 Å². The summed E-state index contributed by atoms with van der Waals surface area (Å²) in [4.78, 5) is 22.0. The number of fused-ring (bicyclic) bond motifs is 1. The van der Waals surface area contributed by atoms with Crippen molar-refractivity contribution in [1.82, 2.24) is 5.32 Å². The highest BCUT2D eigenvalue weighted by Gasteiger charge is 2.23. The number of nitrogens with one attached hydrogen (secondary N) is 1. The minimum absolute atomic E-state index is 0.0892. The molecule has 2 rings (SSSR count). The molecule has 1 aromatic rings. The van der Waals surface area contributed by atoms with E-state index in [0.717, 1.165) is 11.8 Å². The van der Waals surface area contributed by atoms with Gasteiger partial charge in [0, 0.05) is 12.1 Å². The Morgan fingerprint density at radius 2 is 2.15 bits per heavy atom. The van der Waals surface area contributed by atoms with Crippen molar-refractivity contribution in [3.63, 3.8) is 0 Å². The van der Waals surface area contributed by atoms with Crippen LogP contribution in [-0.2, 0) is 4.79 Å². The predicted molar refractivity (Wildman–Crippen MR) is 47.6 cm³/mol.